The lowest BCUT2D eigenvalue weighted by atomic mass is 10.0. The Balaban J connectivity index is 1.34. The highest BCUT2D eigenvalue weighted by molar-refractivity contribution is 6.09. The number of nitrogens with zero attached hydrogens (tertiary/aromatic N) is 2. The second-order valence-electron chi connectivity index (χ2n) is 9.15. The van der Waals surface area contributed by atoms with E-state index < -0.39 is 0 Å². The zero-order chi connectivity index (χ0) is 28.3. The monoisotopic (exact) mass is 542 g/mol. The molecule has 0 saturated carbocycles. The molecular formula is C32H34N2O6. The number of likely N-dealkylation sites (N-methyl/N-ethyl adjacent to an activating group) is 1. The second-order valence-corrected chi connectivity index (χ2v) is 9.15. The van der Waals surface area contributed by atoms with Gasteiger partial charge in [-0.3, -0.25) is 4.79 Å². The average Bonchev–Trinajstić information content (AvgIpc) is 2.98. The van der Waals surface area contributed by atoms with Crippen molar-refractivity contribution in [1.29, 1.82) is 0 Å². The maximum Gasteiger partial charge on any atom is 0.193 e. The maximum absolute atomic E-state index is 13.0. The standard InChI is InChI=1S/C32H34N2O6/c1-33(18-21-35)26-6-14-30(15-7-26)39-28-10-2-24(3-11-28)32(38)25-4-12-29(13-5-25)40-31-16-8-27(9-17-31)34(19-22-36)20-23-37/h2-17,35-37H,18-23H2,1H3. The molecule has 0 radical (unpaired) electrons. The minimum absolute atomic E-state index is 0.00108. The molecule has 4 rings (SSSR count). The fourth-order valence-electron chi connectivity index (χ4n) is 4.17. The van der Waals surface area contributed by atoms with E-state index in [0.717, 1.165) is 11.4 Å². The van der Waals surface area contributed by atoms with Crippen LogP contribution in [0.4, 0.5) is 11.4 Å². The Morgan fingerprint density at radius 3 is 1.27 bits per heavy atom. The number of hydrogen-bond donors (Lipinski definition) is 3. The lowest BCUT2D eigenvalue weighted by molar-refractivity contribution is 0.103. The number of aliphatic hydroxyl groups excluding tert-OH is 3. The molecule has 4 aromatic carbocycles. The second kappa shape index (κ2) is 14.1. The van der Waals surface area contributed by atoms with Crippen LogP contribution in [0.2, 0.25) is 0 Å². The fourth-order valence-corrected chi connectivity index (χ4v) is 4.17. The van der Waals surface area contributed by atoms with Crippen molar-refractivity contribution >= 4 is 17.2 Å². The van der Waals surface area contributed by atoms with E-state index in [-0.39, 0.29) is 25.6 Å². The van der Waals surface area contributed by atoms with Gasteiger partial charge in [0.05, 0.1) is 19.8 Å². The molecule has 0 unspecified atom stereocenters. The molecule has 8 heteroatoms. The van der Waals surface area contributed by atoms with Crippen molar-refractivity contribution in [3.8, 4) is 23.0 Å². The smallest absolute Gasteiger partial charge is 0.193 e. The summed E-state index contributed by atoms with van der Waals surface area (Å²) >= 11 is 0. The van der Waals surface area contributed by atoms with Gasteiger partial charge in [-0.2, -0.15) is 0 Å². The van der Waals surface area contributed by atoms with Crippen molar-refractivity contribution in [3.05, 3.63) is 108 Å². The number of hydrogen-bond acceptors (Lipinski definition) is 8. The number of carbonyl (C=O) groups excluding carboxylic acids is 1. The van der Waals surface area contributed by atoms with Gasteiger partial charge in [-0.05, 0) is 97.1 Å². The van der Waals surface area contributed by atoms with Crippen LogP contribution in [0.3, 0.4) is 0 Å². The highest BCUT2D eigenvalue weighted by atomic mass is 16.5. The Kier molecular flexibility index (Phi) is 10.1. The molecule has 0 saturated heterocycles. The quantitative estimate of drug-likeness (QED) is 0.197. The highest BCUT2D eigenvalue weighted by Gasteiger charge is 2.11. The number of carbonyl (C=O) groups is 1. The van der Waals surface area contributed by atoms with E-state index in [1.807, 2.05) is 65.4 Å². The maximum atomic E-state index is 13.0. The molecule has 3 N–H and O–H groups in total. The predicted octanol–water partition coefficient (Wildman–Crippen LogP) is 4.72. The molecule has 0 fully saturated rings. The third-order valence-corrected chi connectivity index (χ3v) is 6.36. The number of aliphatic hydroxyl groups is 3. The van der Waals surface area contributed by atoms with E-state index >= 15 is 0 Å². The van der Waals surface area contributed by atoms with E-state index in [2.05, 4.69) is 0 Å². The summed E-state index contributed by atoms with van der Waals surface area (Å²) in [4.78, 5) is 16.8. The average molecular weight is 543 g/mol. The van der Waals surface area contributed by atoms with Crippen molar-refractivity contribution < 1.29 is 29.6 Å². The first-order valence-corrected chi connectivity index (χ1v) is 13.1. The van der Waals surface area contributed by atoms with Gasteiger partial charge in [0.2, 0.25) is 0 Å². The topological polar surface area (TPSA) is 103 Å². The summed E-state index contributed by atoms with van der Waals surface area (Å²) in [6.45, 7) is 1.51. The van der Waals surface area contributed by atoms with Gasteiger partial charge in [-0.1, -0.05) is 0 Å². The lowest BCUT2D eigenvalue weighted by Gasteiger charge is -2.23. The van der Waals surface area contributed by atoms with Crippen LogP contribution in [-0.2, 0) is 0 Å². The summed E-state index contributed by atoms with van der Waals surface area (Å²) in [5.41, 5.74) is 2.96. The molecule has 208 valence electrons. The first-order valence-electron chi connectivity index (χ1n) is 13.1. The first kappa shape index (κ1) is 28.6. The van der Waals surface area contributed by atoms with Crippen LogP contribution in [0, 0.1) is 0 Å². The number of ketones is 1. The van der Waals surface area contributed by atoms with Gasteiger partial charge in [-0.15, -0.1) is 0 Å². The summed E-state index contributed by atoms with van der Waals surface area (Å²) in [5.74, 6) is 2.44. The molecule has 40 heavy (non-hydrogen) atoms. The molecule has 0 aromatic heterocycles. The molecule has 4 aromatic rings. The van der Waals surface area contributed by atoms with Crippen LogP contribution < -0.4 is 19.3 Å². The number of rotatable bonds is 14. The van der Waals surface area contributed by atoms with Crippen LogP contribution in [0.5, 0.6) is 23.0 Å². The van der Waals surface area contributed by atoms with Crippen molar-refractivity contribution in [1.82, 2.24) is 0 Å². The Bertz CT molecular complexity index is 1330. The normalized spacial score (nSPS) is 10.7. The van der Waals surface area contributed by atoms with E-state index in [4.69, 9.17) is 14.6 Å². The van der Waals surface area contributed by atoms with Gasteiger partial charge >= 0.3 is 0 Å². The minimum atomic E-state index is -0.105. The largest absolute Gasteiger partial charge is 0.457 e. The van der Waals surface area contributed by atoms with Gasteiger partial charge in [0.25, 0.3) is 0 Å². The van der Waals surface area contributed by atoms with E-state index in [9.17, 15) is 15.0 Å². The van der Waals surface area contributed by atoms with Crippen molar-refractivity contribution in [3.63, 3.8) is 0 Å². The molecule has 0 heterocycles. The molecule has 0 aliphatic heterocycles. The summed E-state index contributed by atoms with van der Waals surface area (Å²) < 4.78 is 11.8. The van der Waals surface area contributed by atoms with Crippen molar-refractivity contribution in [2.75, 3.05) is 56.3 Å². The molecule has 0 atom stereocenters. The van der Waals surface area contributed by atoms with E-state index in [1.54, 1.807) is 48.5 Å². The number of benzene rings is 4. The number of anilines is 2. The molecule has 0 aliphatic rings. The van der Waals surface area contributed by atoms with Gasteiger partial charge in [0, 0.05) is 49.2 Å². The van der Waals surface area contributed by atoms with E-state index in [0.29, 0.717) is 53.8 Å². The first-order chi connectivity index (χ1) is 19.5. The van der Waals surface area contributed by atoms with Gasteiger partial charge < -0.3 is 34.6 Å². The van der Waals surface area contributed by atoms with Crippen LogP contribution >= 0.6 is 0 Å². The Morgan fingerprint density at radius 2 is 0.900 bits per heavy atom. The minimum Gasteiger partial charge on any atom is -0.457 e. The summed E-state index contributed by atoms with van der Waals surface area (Å²) in [5, 5.41) is 27.5. The molecule has 0 aliphatic carbocycles. The zero-order valence-electron chi connectivity index (χ0n) is 22.4. The molecule has 8 nitrogen and oxygen atoms in total. The molecule has 0 spiro atoms. The Morgan fingerprint density at radius 1 is 0.550 bits per heavy atom. The van der Waals surface area contributed by atoms with Crippen LogP contribution in [0.25, 0.3) is 0 Å². The third kappa shape index (κ3) is 7.60. The molecule has 0 amide bonds. The van der Waals surface area contributed by atoms with Gasteiger partial charge in [0.1, 0.15) is 23.0 Å². The highest BCUT2D eigenvalue weighted by Crippen LogP contribution is 2.27. The predicted molar refractivity (Wildman–Crippen MR) is 156 cm³/mol. The van der Waals surface area contributed by atoms with E-state index in [1.165, 1.54) is 0 Å². The third-order valence-electron chi connectivity index (χ3n) is 6.36. The molecular weight excluding hydrogens is 508 g/mol. The zero-order valence-corrected chi connectivity index (χ0v) is 22.4. The van der Waals surface area contributed by atoms with Crippen LogP contribution in [-0.4, -0.2) is 67.6 Å². The lowest BCUT2D eigenvalue weighted by Crippen LogP contribution is -2.29. The van der Waals surface area contributed by atoms with Gasteiger partial charge in [0.15, 0.2) is 5.78 Å². The number of ether oxygens (including phenoxy) is 2. The SMILES string of the molecule is CN(CCO)c1ccc(Oc2ccc(C(=O)c3ccc(Oc4ccc(N(CCO)CCO)cc4)cc3)cc2)cc1. The van der Waals surface area contributed by atoms with Gasteiger partial charge in [-0.25, -0.2) is 0 Å². The van der Waals surface area contributed by atoms with Crippen molar-refractivity contribution in [2.45, 2.75) is 0 Å². The summed E-state index contributed by atoms with van der Waals surface area (Å²) in [7, 11) is 1.91. The summed E-state index contributed by atoms with van der Waals surface area (Å²) in [6, 6.07) is 29.0. The molecule has 0 bridgehead atoms. The Hall–Kier alpha value is -4.37. The van der Waals surface area contributed by atoms with Crippen molar-refractivity contribution in [2.24, 2.45) is 0 Å². The van der Waals surface area contributed by atoms with Crippen LogP contribution in [0.15, 0.2) is 97.1 Å². The van der Waals surface area contributed by atoms with Crippen LogP contribution in [0.1, 0.15) is 15.9 Å². The Labute approximate surface area is 234 Å². The summed E-state index contributed by atoms with van der Waals surface area (Å²) in [6.07, 6.45) is 0. The fraction of sp³-hybridized carbons (Fsp3) is 0.219.